The largest absolute Gasteiger partial charge is 0.492 e. The minimum Gasteiger partial charge on any atom is -0.492 e. The van der Waals surface area contributed by atoms with Crippen molar-refractivity contribution in [2.75, 3.05) is 56.5 Å². The van der Waals surface area contributed by atoms with Crippen molar-refractivity contribution in [3.05, 3.63) is 52.1 Å². The number of furan rings is 1. The number of nitrogen functional groups attached to an aromatic ring is 1. The van der Waals surface area contributed by atoms with Crippen molar-refractivity contribution in [1.29, 1.82) is 0 Å². The number of piperazine rings is 1. The highest BCUT2D eigenvalue weighted by molar-refractivity contribution is 7.17. The van der Waals surface area contributed by atoms with E-state index < -0.39 is 6.04 Å². The van der Waals surface area contributed by atoms with Crippen LogP contribution in [0.2, 0.25) is 0 Å². The van der Waals surface area contributed by atoms with Gasteiger partial charge in [0.25, 0.3) is 0 Å². The van der Waals surface area contributed by atoms with Crippen LogP contribution in [0, 0.1) is 11.7 Å². The van der Waals surface area contributed by atoms with Crippen LogP contribution in [0.5, 0.6) is 5.75 Å². The molecule has 4 aromatic heterocycles. The van der Waals surface area contributed by atoms with Crippen LogP contribution in [0.4, 0.5) is 16.0 Å². The molecule has 17 heteroatoms. The Morgan fingerprint density at radius 1 is 1.15 bits per heavy atom. The van der Waals surface area contributed by atoms with Crippen LogP contribution in [0.3, 0.4) is 0 Å². The molecule has 1 aliphatic heterocycles. The summed E-state index contributed by atoms with van der Waals surface area (Å²) in [5, 5.41) is 7.12. The summed E-state index contributed by atoms with van der Waals surface area (Å²) in [5.41, 5.74) is 13.5. The fourth-order valence-electron chi connectivity index (χ4n) is 5.19. The number of anilines is 2. The second kappa shape index (κ2) is 14.0. The molecule has 5 heterocycles. The first kappa shape index (κ1) is 33.1. The molecule has 6 rings (SSSR count). The topological polar surface area (TPSA) is 175 Å². The molecular weight excluding hydrogens is 639 g/mol. The number of fused-ring (bicyclic) bond motifs is 3. The summed E-state index contributed by atoms with van der Waals surface area (Å²) in [7, 11) is 0. The van der Waals surface area contributed by atoms with Crippen molar-refractivity contribution in [2.45, 2.75) is 26.4 Å². The zero-order valence-corrected chi connectivity index (χ0v) is 27.0. The van der Waals surface area contributed by atoms with E-state index in [0.29, 0.717) is 78.3 Å². The molecule has 5 N–H and O–H groups in total. The Morgan fingerprint density at radius 2 is 1.93 bits per heavy atom. The predicted octanol–water partition coefficient (Wildman–Crippen LogP) is 2.20. The van der Waals surface area contributed by atoms with Crippen molar-refractivity contribution in [2.24, 2.45) is 11.7 Å². The highest BCUT2D eigenvalue weighted by atomic mass is 35.5. The van der Waals surface area contributed by atoms with Gasteiger partial charge in [-0.2, -0.15) is 9.50 Å². The third-order valence-corrected chi connectivity index (χ3v) is 8.79. The second-order valence-corrected chi connectivity index (χ2v) is 12.1. The molecule has 0 spiro atoms. The number of thiazole rings is 1. The predicted molar refractivity (Wildman–Crippen MR) is 176 cm³/mol. The molecule has 1 amide bonds. The van der Waals surface area contributed by atoms with Crippen molar-refractivity contribution < 1.29 is 18.3 Å². The first-order valence-corrected chi connectivity index (χ1v) is 15.5. The average molecular weight is 675 g/mol. The number of aromatic nitrogens is 5. The number of halogens is 2. The molecule has 5 aromatic rings. The Labute approximate surface area is 273 Å². The number of nitrogens with zero attached hydrogens (tertiary/aromatic N) is 7. The highest BCUT2D eigenvalue weighted by Gasteiger charge is 2.23. The quantitative estimate of drug-likeness (QED) is 0.175. The standard InChI is InChI=1S/C29H35FN10O4S.ClH/c1-17(2)22(31)27(41)33-7-15-43-18-5-6-20(19(30)16-18)38-11-8-37(9-12-38)10-13-39-25-23(45-29(39)42)26-34-24(21-4-3-14-44-21)36-40(26)28(32)35-25;/h3-6,14,16-17,22H,7-13,15,31H2,1-2H3,(H2,32,35)(H,33,41);1H/t22-;/m0./s1. The number of carbonyl (C=O) groups is 1. The first-order valence-electron chi connectivity index (χ1n) is 14.7. The number of rotatable bonds is 11. The maximum atomic E-state index is 15.0. The van der Waals surface area contributed by atoms with E-state index in [2.05, 4.69) is 25.3 Å². The number of hydrogen-bond donors (Lipinski definition) is 3. The van der Waals surface area contributed by atoms with Gasteiger partial charge in [-0.1, -0.05) is 25.2 Å². The third-order valence-electron chi connectivity index (χ3n) is 7.82. The number of benzene rings is 1. The van der Waals surface area contributed by atoms with Gasteiger partial charge in [0.15, 0.2) is 17.1 Å². The molecule has 0 saturated carbocycles. The van der Waals surface area contributed by atoms with Crippen molar-refractivity contribution in [1.82, 2.24) is 34.4 Å². The third kappa shape index (κ3) is 6.79. The zero-order chi connectivity index (χ0) is 31.7. The van der Waals surface area contributed by atoms with Crippen LogP contribution in [0.1, 0.15) is 13.8 Å². The van der Waals surface area contributed by atoms with Crippen LogP contribution in [-0.4, -0.2) is 86.9 Å². The van der Waals surface area contributed by atoms with Crippen LogP contribution in [-0.2, 0) is 11.3 Å². The van der Waals surface area contributed by atoms with Crippen LogP contribution >= 0.6 is 23.7 Å². The number of carbonyl (C=O) groups excluding carboxylic acids is 1. The molecular formula is C29H36ClFN10O4S. The summed E-state index contributed by atoms with van der Waals surface area (Å²) in [6.45, 7) is 7.92. The lowest BCUT2D eigenvalue weighted by Gasteiger charge is -2.36. The Kier molecular flexibility index (Phi) is 10.1. The molecule has 1 aromatic carbocycles. The van der Waals surface area contributed by atoms with E-state index in [9.17, 15) is 9.59 Å². The van der Waals surface area contributed by atoms with Gasteiger partial charge in [0.05, 0.1) is 24.5 Å². The fourth-order valence-corrected chi connectivity index (χ4v) is 6.12. The van der Waals surface area contributed by atoms with Gasteiger partial charge in [-0.3, -0.25) is 19.1 Å². The molecule has 1 saturated heterocycles. The molecule has 0 unspecified atom stereocenters. The van der Waals surface area contributed by atoms with Gasteiger partial charge in [0.2, 0.25) is 17.7 Å². The maximum Gasteiger partial charge on any atom is 0.309 e. The van der Waals surface area contributed by atoms with Gasteiger partial charge in [-0.05, 0) is 30.2 Å². The van der Waals surface area contributed by atoms with Crippen molar-refractivity contribution in [3.63, 3.8) is 0 Å². The summed E-state index contributed by atoms with van der Waals surface area (Å²) in [6.07, 6.45) is 1.53. The van der Waals surface area contributed by atoms with Gasteiger partial charge >= 0.3 is 4.87 Å². The summed E-state index contributed by atoms with van der Waals surface area (Å²) in [4.78, 5) is 38.1. The monoisotopic (exact) mass is 674 g/mol. The van der Waals surface area contributed by atoms with Crippen molar-refractivity contribution in [3.8, 4) is 17.3 Å². The molecule has 0 radical (unpaired) electrons. The highest BCUT2D eigenvalue weighted by Crippen LogP contribution is 2.27. The molecule has 1 atom stereocenters. The summed E-state index contributed by atoms with van der Waals surface area (Å²) >= 11 is 1.06. The van der Waals surface area contributed by atoms with Gasteiger partial charge in [0.1, 0.15) is 22.9 Å². The van der Waals surface area contributed by atoms with Crippen molar-refractivity contribution >= 4 is 57.3 Å². The Balaban J connectivity index is 0.00000417. The summed E-state index contributed by atoms with van der Waals surface area (Å²) in [5.74, 6) is 0.791. The average Bonchev–Trinajstić information content (AvgIpc) is 3.78. The maximum absolute atomic E-state index is 15.0. The van der Waals surface area contributed by atoms with Crippen LogP contribution in [0.15, 0.2) is 45.8 Å². The van der Waals surface area contributed by atoms with E-state index in [1.165, 1.54) is 16.8 Å². The number of ether oxygens (including phenoxy) is 1. The van der Waals surface area contributed by atoms with Gasteiger partial charge in [-0.15, -0.1) is 17.5 Å². The fraction of sp³-hybridized carbons (Fsp3) is 0.414. The molecule has 1 aliphatic rings. The minimum atomic E-state index is -0.578. The van der Waals surface area contributed by atoms with E-state index in [-0.39, 0.29) is 54.0 Å². The Bertz CT molecular complexity index is 1870. The number of amides is 1. The number of nitrogens with one attached hydrogen (secondary N) is 1. The van der Waals surface area contributed by atoms with E-state index in [1.807, 2.05) is 18.7 Å². The molecule has 14 nitrogen and oxygen atoms in total. The Morgan fingerprint density at radius 3 is 2.63 bits per heavy atom. The number of nitrogens with two attached hydrogens (primary N) is 2. The van der Waals surface area contributed by atoms with E-state index >= 15 is 4.39 Å². The van der Waals surface area contributed by atoms with E-state index in [0.717, 1.165) is 11.3 Å². The van der Waals surface area contributed by atoms with Gasteiger partial charge in [-0.25, -0.2) is 9.37 Å². The normalized spacial score (nSPS) is 14.6. The Hall–Kier alpha value is -4.25. The van der Waals surface area contributed by atoms with Crippen LogP contribution < -0.4 is 31.3 Å². The lowest BCUT2D eigenvalue weighted by molar-refractivity contribution is -0.123. The molecule has 0 bridgehead atoms. The van der Waals surface area contributed by atoms with Gasteiger partial charge in [0, 0.05) is 45.3 Å². The van der Waals surface area contributed by atoms with E-state index in [1.54, 1.807) is 28.8 Å². The lowest BCUT2D eigenvalue weighted by Crippen LogP contribution is -2.47. The van der Waals surface area contributed by atoms with E-state index in [4.69, 9.17) is 20.6 Å². The molecule has 46 heavy (non-hydrogen) atoms. The molecule has 246 valence electrons. The molecule has 0 aliphatic carbocycles. The van der Waals surface area contributed by atoms with Gasteiger partial charge < -0.3 is 30.8 Å². The summed E-state index contributed by atoms with van der Waals surface area (Å²) in [6, 6.07) is 7.71. The van der Waals surface area contributed by atoms with Crippen LogP contribution in [0.25, 0.3) is 27.6 Å². The molecule has 1 fully saturated rings. The number of hydrogen-bond acceptors (Lipinski definition) is 12. The minimum absolute atomic E-state index is 0. The summed E-state index contributed by atoms with van der Waals surface area (Å²) < 4.78 is 29.7. The first-order chi connectivity index (χ1) is 21.7. The lowest BCUT2D eigenvalue weighted by atomic mass is 10.1. The SMILES string of the molecule is CC(C)[C@H](N)C(=O)NCCOc1ccc(N2CCN(CCn3c(=O)sc4c3nc(N)n3nc(-c5ccco5)nc43)CC2)c(F)c1.Cl. The smallest absolute Gasteiger partial charge is 0.309 e. The zero-order valence-electron chi connectivity index (χ0n) is 25.4. The second-order valence-electron chi connectivity index (χ2n) is 11.1.